The Morgan fingerprint density at radius 1 is 1.03 bits per heavy atom. The van der Waals surface area contributed by atoms with Gasteiger partial charge in [0.2, 0.25) is 5.91 Å². The Morgan fingerprint density at radius 3 is 2.37 bits per heavy atom. The smallest absolute Gasteiger partial charge is 0.293 e. The number of nitro benzene ring substituents is 1. The minimum absolute atomic E-state index is 0.0166. The lowest BCUT2D eigenvalue weighted by molar-refractivity contribution is -0.384. The molecule has 0 aromatic heterocycles. The lowest BCUT2D eigenvalue weighted by atomic mass is 9.69. The molecule has 1 atom stereocenters. The molecule has 1 unspecified atom stereocenters. The normalized spacial score (nSPS) is 20.9. The maximum atomic E-state index is 13.4. The number of hydrogen-bond donors (Lipinski definition) is 0. The van der Waals surface area contributed by atoms with E-state index < -0.39 is 4.92 Å². The van der Waals surface area contributed by atoms with Gasteiger partial charge < -0.3 is 0 Å². The van der Waals surface area contributed by atoms with Gasteiger partial charge in [-0.3, -0.25) is 24.6 Å². The Kier molecular flexibility index (Phi) is 4.80. The predicted molar refractivity (Wildman–Crippen MR) is 114 cm³/mol. The van der Waals surface area contributed by atoms with E-state index in [2.05, 4.69) is 0 Å². The lowest BCUT2D eigenvalue weighted by Crippen LogP contribution is -2.44. The van der Waals surface area contributed by atoms with E-state index >= 15 is 0 Å². The van der Waals surface area contributed by atoms with Gasteiger partial charge in [-0.25, -0.2) is 0 Å². The number of nitrogens with zero attached hydrogens (tertiary/aromatic N) is 2. The van der Waals surface area contributed by atoms with Crippen molar-refractivity contribution in [1.29, 1.82) is 0 Å². The predicted octanol–water partition coefficient (Wildman–Crippen LogP) is 5.07. The summed E-state index contributed by atoms with van der Waals surface area (Å²) in [5.41, 5.74) is 3.02. The Labute approximate surface area is 175 Å². The van der Waals surface area contributed by atoms with E-state index in [-0.39, 0.29) is 40.8 Å². The summed E-state index contributed by atoms with van der Waals surface area (Å²) in [5, 5.41) is 11.6. The van der Waals surface area contributed by atoms with Crippen LogP contribution in [0.5, 0.6) is 0 Å². The molecule has 0 saturated heterocycles. The number of anilines is 1. The highest BCUT2D eigenvalue weighted by atomic mass is 16.6. The monoisotopic (exact) mass is 404 g/mol. The van der Waals surface area contributed by atoms with Crippen LogP contribution in [0.15, 0.2) is 59.8 Å². The zero-order valence-electron chi connectivity index (χ0n) is 17.3. The van der Waals surface area contributed by atoms with E-state index in [1.165, 1.54) is 11.0 Å². The Hall–Kier alpha value is -3.28. The molecule has 0 spiro atoms. The second kappa shape index (κ2) is 7.20. The van der Waals surface area contributed by atoms with Gasteiger partial charge >= 0.3 is 0 Å². The Morgan fingerprint density at radius 2 is 1.70 bits per heavy atom. The molecule has 1 aliphatic carbocycles. The first-order chi connectivity index (χ1) is 14.2. The van der Waals surface area contributed by atoms with Crippen LogP contribution in [0.2, 0.25) is 0 Å². The first-order valence-corrected chi connectivity index (χ1v) is 10.1. The maximum Gasteiger partial charge on any atom is 0.293 e. The summed E-state index contributed by atoms with van der Waals surface area (Å²) >= 11 is 0. The summed E-state index contributed by atoms with van der Waals surface area (Å²) < 4.78 is 0. The number of amides is 1. The van der Waals surface area contributed by atoms with Crippen LogP contribution in [0.4, 0.5) is 11.4 Å². The molecule has 2 aliphatic rings. The fourth-order valence-electron chi connectivity index (χ4n) is 4.59. The van der Waals surface area contributed by atoms with Crippen LogP contribution < -0.4 is 4.90 Å². The van der Waals surface area contributed by atoms with Crippen molar-refractivity contribution in [2.24, 2.45) is 5.41 Å². The number of nitro groups is 1. The average molecular weight is 404 g/mol. The second-order valence-corrected chi connectivity index (χ2v) is 8.94. The van der Waals surface area contributed by atoms with Crippen molar-refractivity contribution in [3.05, 3.63) is 81.0 Å². The van der Waals surface area contributed by atoms with E-state index in [0.717, 1.165) is 11.1 Å². The molecule has 30 heavy (non-hydrogen) atoms. The summed E-state index contributed by atoms with van der Waals surface area (Å²) in [7, 11) is 0. The summed E-state index contributed by atoms with van der Waals surface area (Å²) in [6, 6.07) is 14.1. The summed E-state index contributed by atoms with van der Waals surface area (Å²) in [6.07, 6.45) is 1.02. The van der Waals surface area contributed by atoms with Crippen LogP contribution in [0.3, 0.4) is 0 Å². The molecule has 0 N–H and O–H groups in total. The summed E-state index contributed by atoms with van der Waals surface area (Å²) in [5.74, 6) is -0.530. The molecule has 0 bridgehead atoms. The lowest BCUT2D eigenvalue weighted by Gasteiger charge is -2.42. The first-order valence-electron chi connectivity index (χ1n) is 10.1. The molecule has 0 radical (unpaired) electrons. The second-order valence-electron chi connectivity index (χ2n) is 8.94. The van der Waals surface area contributed by atoms with Crippen molar-refractivity contribution in [2.75, 3.05) is 4.90 Å². The fraction of sp³-hybridized carbons (Fsp3) is 0.333. The third-order valence-corrected chi connectivity index (χ3v) is 5.94. The van der Waals surface area contributed by atoms with Gasteiger partial charge in [0.25, 0.3) is 5.69 Å². The van der Waals surface area contributed by atoms with Gasteiger partial charge in [-0.15, -0.1) is 0 Å². The Balaban J connectivity index is 1.93. The number of aryl methyl sites for hydroxylation is 1. The van der Waals surface area contributed by atoms with Crippen molar-refractivity contribution < 1.29 is 14.5 Å². The molecule has 0 fully saturated rings. The van der Waals surface area contributed by atoms with E-state index in [1.807, 2.05) is 45.0 Å². The number of carbonyl (C=O) groups excluding carboxylic acids is 2. The molecular weight excluding hydrogens is 380 g/mol. The van der Waals surface area contributed by atoms with Crippen LogP contribution in [0, 0.1) is 22.5 Å². The number of rotatable bonds is 3. The first kappa shape index (κ1) is 20.0. The zero-order valence-corrected chi connectivity index (χ0v) is 17.3. The molecule has 2 aromatic rings. The molecule has 4 rings (SSSR count). The number of hydrogen-bond acceptors (Lipinski definition) is 4. The van der Waals surface area contributed by atoms with Gasteiger partial charge in [-0.05, 0) is 30.4 Å². The summed E-state index contributed by atoms with van der Waals surface area (Å²) in [4.78, 5) is 39.2. The van der Waals surface area contributed by atoms with Crippen molar-refractivity contribution in [2.45, 2.75) is 46.0 Å². The van der Waals surface area contributed by atoms with Crippen molar-refractivity contribution in [3.63, 3.8) is 0 Å². The van der Waals surface area contributed by atoms with E-state index in [9.17, 15) is 19.7 Å². The van der Waals surface area contributed by atoms with Gasteiger partial charge in [-0.2, -0.15) is 0 Å². The average Bonchev–Trinajstić information content (AvgIpc) is 2.67. The van der Waals surface area contributed by atoms with Gasteiger partial charge in [0.15, 0.2) is 5.78 Å². The molecule has 2 aromatic carbocycles. The molecule has 1 amide bonds. The topological polar surface area (TPSA) is 80.5 Å². The highest BCUT2D eigenvalue weighted by molar-refractivity contribution is 6.08. The van der Waals surface area contributed by atoms with Gasteiger partial charge in [-0.1, -0.05) is 55.8 Å². The van der Waals surface area contributed by atoms with Crippen molar-refractivity contribution in [3.8, 4) is 0 Å². The van der Waals surface area contributed by atoms with Gasteiger partial charge in [0.05, 0.1) is 4.92 Å². The van der Waals surface area contributed by atoms with Crippen LogP contribution in [-0.4, -0.2) is 16.6 Å². The third kappa shape index (κ3) is 3.43. The molecule has 154 valence electrons. The number of ketones is 1. The molecule has 1 aliphatic heterocycles. The van der Waals surface area contributed by atoms with E-state index in [4.69, 9.17) is 0 Å². The van der Waals surface area contributed by atoms with Gasteiger partial charge in [0, 0.05) is 36.1 Å². The molecule has 1 heterocycles. The van der Waals surface area contributed by atoms with E-state index in [0.29, 0.717) is 24.1 Å². The van der Waals surface area contributed by atoms with Crippen LogP contribution in [-0.2, 0) is 9.59 Å². The fourth-order valence-corrected chi connectivity index (χ4v) is 4.59. The molecular formula is C24H24N2O4. The van der Waals surface area contributed by atoms with Crippen molar-refractivity contribution >= 4 is 23.1 Å². The van der Waals surface area contributed by atoms with Crippen LogP contribution in [0.25, 0.3) is 0 Å². The zero-order chi connectivity index (χ0) is 21.6. The highest BCUT2D eigenvalue weighted by Gasteiger charge is 2.45. The van der Waals surface area contributed by atoms with Crippen LogP contribution >= 0.6 is 0 Å². The molecule has 0 saturated carbocycles. The number of para-hydroxylation sites is 2. The molecule has 6 nitrogen and oxygen atoms in total. The third-order valence-electron chi connectivity index (χ3n) is 5.94. The highest BCUT2D eigenvalue weighted by Crippen LogP contribution is 2.49. The van der Waals surface area contributed by atoms with Crippen molar-refractivity contribution in [1.82, 2.24) is 0 Å². The number of benzene rings is 2. The number of allylic oxidation sites excluding steroid dienone is 2. The number of Topliss-reactive ketones (excluding diaryl/α,β-unsaturated/α-hetero) is 1. The molecule has 6 heteroatoms. The number of carbonyl (C=O) groups is 2. The van der Waals surface area contributed by atoms with Gasteiger partial charge in [0.1, 0.15) is 5.69 Å². The largest absolute Gasteiger partial charge is 0.294 e. The SMILES string of the molecule is Cc1ccc(C2CC(=O)N(c3ccccc3[N+](=O)[O-])C3=C2C(=O)CC(C)(C)C3)cc1. The Bertz CT molecular complexity index is 1080. The standard InChI is InChI=1S/C24H24N2O4/c1-15-8-10-16(11-9-15)17-12-22(28)25(18-6-4-5-7-19(18)26(29)30)20-13-24(2,3)14-21(27)23(17)20/h4-11,17H,12-14H2,1-3H3. The van der Waals surface area contributed by atoms with Crippen LogP contribution in [0.1, 0.15) is 50.2 Å². The minimum Gasteiger partial charge on any atom is -0.294 e. The maximum absolute atomic E-state index is 13.4. The quantitative estimate of drug-likeness (QED) is 0.528. The minimum atomic E-state index is -0.481. The van der Waals surface area contributed by atoms with E-state index in [1.54, 1.807) is 18.2 Å². The summed E-state index contributed by atoms with van der Waals surface area (Å²) in [6.45, 7) is 5.98.